The van der Waals surface area contributed by atoms with Crippen LogP contribution in [0, 0.1) is 5.92 Å². The molecule has 0 radical (unpaired) electrons. The lowest BCUT2D eigenvalue weighted by Gasteiger charge is -2.21. The summed E-state index contributed by atoms with van der Waals surface area (Å²) in [5, 5.41) is 12.9. The molecule has 2 unspecified atom stereocenters. The van der Waals surface area contributed by atoms with Gasteiger partial charge in [-0.15, -0.1) is 0 Å². The number of furan rings is 1. The Morgan fingerprint density at radius 2 is 2.22 bits per heavy atom. The molecule has 3 heteroatoms. The van der Waals surface area contributed by atoms with Gasteiger partial charge in [0.15, 0.2) is 0 Å². The predicted molar refractivity (Wildman–Crippen MR) is 72.3 cm³/mol. The van der Waals surface area contributed by atoms with Crippen molar-refractivity contribution in [2.24, 2.45) is 5.92 Å². The second-order valence-electron chi connectivity index (χ2n) is 5.55. The smallest absolute Gasteiger partial charge is 0.123 e. The van der Waals surface area contributed by atoms with Gasteiger partial charge in [-0.25, -0.2) is 0 Å². The third-order valence-electron chi connectivity index (χ3n) is 4.04. The summed E-state index contributed by atoms with van der Waals surface area (Å²) in [7, 11) is 0. The van der Waals surface area contributed by atoms with E-state index in [1.54, 1.807) is 6.26 Å². The molecule has 0 saturated heterocycles. The Balaban J connectivity index is 1.73. The number of aliphatic hydroxyl groups is 1. The third kappa shape index (κ3) is 3.85. The van der Waals surface area contributed by atoms with Gasteiger partial charge >= 0.3 is 0 Å². The molecular formula is C15H25NO2. The summed E-state index contributed by atoms with van der Waals surface area (Å²) in [6.45, 7) is 2.28. The average Bonchev–Trinajstić information content (AvgIpc) is 3.05. The summed E-state index contributed by atoms with van der Waals surface area (Å²) in [6.07, 6.45) is 9.80. The Morgan fingerprint density at radius 1 is 1.44 bits per heavy atom. The lowest BCUT2D eigenvalue weighted by Crippen LogP contribution is -2.32. The van der Waals surface area contributed by atoms with Gasteiger partial charge in [0.25, 0.3) is 0 Å². The van der Waals surface area contributed by atoms with E-state index >= 15 is 0 Å². The number of nitrogens with one attached hydrogen (secondary N) is 1. The van der Waals surface area contributed by atoms with Crippen molar-refractivity contribution in [2.45, 2.75) is 57.5 Å². The fourth-order valence-corrected chi connectivity index (χ4v) is 2.93. The minimum Gasteiger partial charge on any atom is -0.468 e. The van der Waals surface area contributed by atoms with Crippen LogP contribution in [0.3, 0.4) is 0 Å². The van der Waals surface area contributed by atoms with Crippen LogP contribution in [0.2, 0.25) is 0 Å². The highest BCUT2D eigenvalue weighted by Gasteiger charge is 2.18. The van der Waals surface area contributed by atoms with E-state index in [-0.39, 0.29) is 12.6 Å². The first-order chi connectivity index (χ1) is 8.79. The van der Waals surface area contributed by atoms with Gasteiger partial charge in [0.05, 0.1) is 18.9 Å². The summed E-state index contributed by atoms with van der Waals surface area (Å²) < 4.78 is 5.34. The van der Waals surface area contributed by atoms with Crippen LogP contribution < -0.4 is 5.32 Å². The molecule has 0 amide bonds. The second-order valence-corrected chi connectivity index (χ2v) is 5.55. The first-order valence-electron chi connectivity index (χ1n) is 7.20. The van der Waals surface area contributed by atoms with Crippen LogP contribution in [-0.4, -0.2) is 17.8 Å². The normalized spacial score (nSPS) is 20.1. The molecule has 2 rings (SSSR count). The largest absolute Gasteiger partial charge is 0.468 e. The molecule has 1 aromatic heterocycles. The van der Waals surface area contributed by atoms with Crippen molar-refractivity contribution in [3.05, 3.63) is 24.2 Å². The van der Waals surface area contributed by atoms with Crippen LogP contribution in [0.25, 0.3) is 0 Å². The summed E-state index contributed by atoms with van der Waals surface area (Å²) in [4.78, 5) is 0. The number of aliphatic hydroxyl groups excluding tert-OH is 1. The van der Waals surface area contributed by atoms with Crippen molar-refractivity contribution in [1.82, 2.24) is 5.32 Å². The maximum Gasteiger partial charge on any atom is 0.123 e. The minimum atomic E-state index is -0.0708. The van der Waals surface area contributed by atoms with Crippen LogP contribution in [0.5, 0.6) is 0 Å². The molecule has 3 nitrogen and oxygen atoms in total. The Morgan fingerprint density at radius 3 is 2.83 bits per heavy atom. The quantitative estimate of drug-likeness (QED) is 0.782. The molecule has 0 aliphatic heterocycles. The topological polar surface area (TPSA) is 45.4 Å². The van der Waals surface area contributed by atoms with Crippen molar-refractivity contribution in [3.8, 4) is 0 Å². The Bertz CT molecular complexity index is 317. The van der Waals surface area contributed by atoms with Gasteiger partial charge in [0.1, 0.15) is 5.76 Å². The highest BCUT2D eigenvalue weighted by Crippen LogP contribution is 2.29. The zero-order valence-corrected chi connectivity index (χ0v) is 11.3. The maximum absolute atomic E-state index is 9.40. The molecule has 1 heterocycles. The summed E-state index contributed by atoms with van der Waals surface area (Å²) in [5.41, 5.74) is 0. The van der Waals surface area contributed by atoms with E-state index in [9.17, 15) is 5.11 Å². The number of rotatable bonds is 7. The molecule has 1 aliphatic carbocycles. The maximum atomic E-state index is 9.40. The van der Waals surface area contributed by atoms with Gasteiger partial charge in [-0.2, -0.15) is 0 Å². The van der Waals surface area contributed by atoms with Crippen molar-refractivity contribution in [2.75, 3.05) is 6.61 Å². The van der Waals surface area contributed by atoms with Crippen molar-refractivity contribution in [1.29, 1.82) is 0 Å². The van der Waals surface area contributed by atoms with Crippen molar-refractivity contribution >= 4 is 0 Å². The highest BCUT2D eigenvalue weighted by molar-refractivity contribution is 5.04. The molecule has 1 saturated carbocycles. The van der Waals surface area contributed by atoms with Gasteiger partial charge in [-0.05, 0) is 37.8 Å². The van der Waals surface area contributed by atoms with E-state index in [2.05, 4.69) is 12.2 Å². The first kappa shape index (κ1) is 13.6. The number of hydrogen-bond donors (Lipinski definition) is 2. The molecule has 0 aromatic carbocycles. The Kier molecular flexibility index (Phi) is 5.26. The Hall–Kier alpha value is -0.800. The average molecular weight is 251 g/mol. The van der Waals surface area contributed by atoms with E-state index in [4.69, 9.17) is 4.42 Å². The number of hydrogen-bond acceptors (Lipinski definition) is 3. The van der Waals surface area contributed by atoms with Gasteiger partial charge in [-0.3, -0.25) is 0 Å². The van der Waals surface area contributed by atoms with E-state index in [1.165, 1.54) is 38.5 Å². The fraction of sp³-hybridized carbons (Fsp3) is 0.733. The first-order valence-corrected chi connectivity index (χ1v) is 7.20. The van der Waals surface area contributed by atoms with Crippen LogP contribution in [0.15, 0.2) is 22.8 Å². The van der Waals surface area contributed by atoms with Crippen molar-refractivity contribution in [3.63, 3.8) is 0 Å². The third-order valence-corrected chi connectivity index (χ3v) is 4.04. The SMILES string of the molecule is CC(CCC1CCCC1)NC(CO)c1ccco1. The summed E-state index contributed by atoms with van der Waals surface area (Å²) >= 11 is 0. The molecule has 1 aliphatic rings. The van der Waals surface area contributed by atoms with Gasteiger partial charge in [-0.1, -0.05) is 25.7 Å². The fourth-order valence-electron chi connectivity index (χ4n) is 2.93. The molecule has 2 N–H and O–H groups in total. The van der Waals surface area contributed by atoms with Gasteiger partial charge in [0.2, 0.25) is 0 Å². The van der Waals surface area contributed by atoms with Crippen LogP contribution in [-0.2, 0) is 0 Å². The van der Waals surface area contributed by atoms with Gasteiger partial charge < -0.3 is 14.8 Å². The molecule has 102 valence electrons. The second kappa shape index (κ2) is 6.95. The monoisotopic (exact) mass is 251 g/mol. The minimum absolute atomic E-state index is 0.0708. The van der Waals surface area contributed by atoms with E-state index in [1.807, 2.05) is 12.1 Å². The summed E-state index contributed by atoms with van der Waals surface area (Å²) in [6, 6.07) is 4.13. The highest BCUT2D eigenvalue weighted by atomic mass is 16.3. The zero-order valence-electron chi connectivity index (χ0n) is 11.3. The van der Waals surface area contributed by atoms with Crippen molar-refractivity contribution < 1.29 is 9.52 Å². The molecule has 1 fully saturated rings. The predicted octanol–water partition coefficient (Wildman–Crippen LogP) is 3.26. The van der Waals surface area contributed by atoms with Crippen LogP contribution in [0.1, 0.15) is 57.3 Å². The molecular weight excluding hydrogens is 226 g/mol. The standard InChI is InChI=1S/C15H25NO2/c1-12(8-9-13-5-2-3-6-13)16-14(11-17)15-7-4-10-18-15/h4,7,10,12-14,16-17H,2-3,5-6,8-9,11H2,1H3. The van der Waals surface area contributed by atoms with E-state index < -0.39 is 0 Å². The van der Waals surface area contributed by atoms with Crippen LogP contribution >= 0.6 is 0 Å². The zero-order chi connectivity index (χ0) is 12.8. The van der Waals surface area contributed by atoms with Crippen LogP contribution in [0.4, 0.5) is 0 Å². The van der Waals surface area contributed by atoms with Gasteiger partial charge in [0, 0.05) is 6.04 Å². The molecule has 0 bridgehead atoms. The molecule has 2 atom stereocenters. The molecule has 0 spiro atoms. The lowest BCUT2D eigenvalue weighted by molar-refractivity contribution is 0.213. The van der Waals surface area contributed by atoms with E-state index in [0.717, 1.165) is 11.7 Å². The Labute approximate surface area is 110 Å². The molecule has 18 heavy (non-hydrogen) atoms. The van der Waals surface area contributed by atoms with E-state index in [0.29, 0.717) is 6.04 Å². The lowest BCUT2D eigenvalue weighted by atomic mass is 9.99. The molecule has 1 aromatic rings. The summed E-state index contributed by atoms with van der Waals surface area (Å²) in [5.74, 6) is 1.76.